The molecule has 0 amide bonds. The second kappa shape index (κ2) is 9.46. The van der Waals surface area contributed by atoms with Gasteiger partial charge in [-0.15, -0.1) is 0 Å². The molecule has 0 spiro atoms. The summed E-state index contributed by atoms with van der Waals surface area (Å²) in [6.45, 7) is 3.73. The van der Waals surface area contributed by atoms with E-state index >= 15 is 0 Å². The highest BCUT2D eigenvalue weighted by Gasteiger charge is 2.19. The van der Waals surface area contributed by atoms with Crippen molar-refractivity contribution < 1.29 is 13.9 Å². The second-order valence-corrected chi connectivity index (χ2v) is 8.05. The van der Waals surface area contributed by atoms with E-state index in [9.17, 15) is 4.39 Å². The minimum Gasteiger partial charge on any atom is -0.488 e. The minimum absolute atomic E-state index is 0.0552. The molecule has 4 aromatic rings. The molecule has 2 aromatic heterocycles. The molecular formula is C25H24FN5O2. The Labute approximate surface area is 191 Å². The minimum atomic E-state index is -0.275. The average Bonchev–Trinajstić information content (AvgIpc) is 2.85. The standard InChI is InChI=1S/C25H24FN5O2/c1-16-2-7-20(31-30-16)14-27-25-22-12-18(17-3-5-19(26)6-4-17)13-23(24(22)28-15-29-25)33-21-8-10-32-11-9-21/h2-7,12-13,15,21H,8-11,14H2,1H3,(H,27,28,29). The van der Waals surface area contributed by atoms with E-state index in [1.54, 1.807) is 12.1 Å². The van der Waals surface area contributed by atoms with Crippen LogP contribution in [0.5, 0.6) is 5.75 Å². The Morgan fingerprint density at radius 2 is 1.82 bits per heavy atom. The molecule has 1 N–H and O–H groups in total. The molecule has 0 saturated carbocycles. The van der Waals surface area contributed by atoms with Crippen molar-refractivity contribution in [3.8, 4) is 16.9 Å². The van der Waals surface area contributed by atoms with E-state index in [-0.39, 0.29) is 11.9 Å². The van der Waals surface area contributed by atoms with Gasteiger partial charge in [0.05, 0.1) is 31.1 Å². The summed E-state index contributed by atoms with van der Waals surface area (Å²) in [5.74, 6) is 1.07. The Morgan fingerprint density at radius 1 is 1.00 bits per heavy atom. The number of ether oxygens (including phenoxy) is 2. The molecule has 0 bridgehead atoms. The van der Waals surface area contributed by atoms with Crippen LogP contribution in [0.2, 0.25) is 0 Å². The topological polar surface area (TPSA) is 82.1 Å². The van der Waals surface area contributed by atoms with Gasteiger partial charge in [0.2, 0.25) is 0 Å². The van der Waals surface area contributed by atoms with Gasteiger partial charge in [0, 0.05) is 18.2 Å². The first kappa shape index (κ1) is 21.2. The Bertz CT molecular complexity index is 1240. The van der Waals surface area contributed by atoms with Crippen molar-refractivity contribution in [2.24, 2.45) is 0 Å². The van der Waals surface area contributed by atoms with Gasteiger partial charge in [0.15, 0.2) is 0 Å². The van der Waals surface area contributed by atoms with Crippen LogP contribution in [-0.4, -0.2) is 39.5 Å². The molecule has 1 aliphatic rings. The van der Waals surface area contributed by atoms with Crippen molar-refractivity contribution in [1.29, 1.82) is 0 Å². The molecule has 7 nitrogen and oxygen atoms in total. The van der Waals surface area contributed by atoms with Crippen LogP contribution in [0.1, 0.15) is 24.2 Å². The fourth-order valence-electron chi connectivity index (χ4n) is 3.84. The van der Waals surface area contributed by atoms with Crippen LogP contribution in [0.15, 0.2) is 54.9 Å². The van der Waals surface area contributed by atoms with Gasteiger partial charge in [0.25, 0.3) is 0 Å². The highest BCUT2D eigenvalue weighted by Crippen LogP contribution is 2.35. The number of hydrogen-bond donors (Lipinski definition) is 1. The summed E-state index contributed by atoms with van der Waals surface area (Å²) in [4.78, 5) is 9.00. The van der Waals surface area contributed by atoms with E-state index in [1.165, 1.54) is 18.5 Å². The smallest absolute Gasteiger partial charge is 0.146 e. The van der Waals surface area contributed by atoms with Gasteiger partial charge in [-0.2, -0.15) is 10.2 Å². The third-order valence-corrected chi connectivity index (χ3v) is 5.63. The fourth-order valence-corrected chi connectivity index (χ4v) is 3.84. The molecule has 0 atom stereocenters. The van der Waals surface area contributed by atoms with Gasteiger partial charge in [-0.1, -0.05) is 12.1 Å². The summed E-state index contributed by atoms with van der Waals surface area (Å²) in [5.41, 5.74) is 4.18. The molecule has 0 radical (unpaired) electrons. The molecule has 168 valence electrons. The summed E-state index contributed by atoms with van der Waals surface area (Å²) in [6.07, 6.45) is 3.23. The monoisotopic (exact) mass is 445 g/mol. The van der Waals surface area contributed by atoms with E-state index in [2.05, 4.69) is 25.5 Å². The Balaban J connectivity index is 1.54. The number of fused-ring (bicyclic) bond motifs is 1. The fraction of sp³-hybridized carbons (Fsp3) is 0.280. The van der Waals surface area contributed by atoms with Crippen LogP contribution in [0, 0.1) is 12.7 Å². The molecule has 5 rings (SSSR count). The van der Waals surface area contributed by atoms with E-state index in [0.717, 1.165) is 46.3 Å². The highest BCUT2D eigenvalue weighted by atomic mass is 19.1. The first-order chi connectivity index (χ1) is 16.2. The predicted octanol–water partition coefficient (Wildman–Crippen LogP) is 4.70. The van der Waals surface area contributed by atoms with Crippen LogP contribution in [0.25, 0.3) is 22.0 Å². The zero-order chi connectivity index (χ0) is 22.6. The molecular weight excluding hydrogens is 421 g/mol. The number of aromatic nitrogens is 4. The number of benzene rings is 2. The van der Waals surface area contributed by atoms with Crippen molar-refractivity contribution in [1.82, 2.24) is 20.2 Å². The summed E-state index contributed by atoms with van der Waals surface area (Å²) in [5, 5.41) is 12.5. The number of halogens is 1. The third kappa shape index (κ3) is 4.90. The lowest BCUT2D eigenvalue weighted by atomic mass is 10.0. The molecule has 33 heavy (non-hydrogen) atoms. The lowest BCUT2D eigenvalue weighted by Crippen LogP contribution is -2.26. The summed E-state index contributed by atoms with van der Waals surface area (Å²) in [7, 11) is 0. The number of hydrogen-bond acceptors (Lipinski definition) is 7. The van der Waals surface area contributed by atoms with Gasteiger partial charge in [0.1, 0.15) is 35.3 Å². The van der Waals surface area contributed by atoms with E-state index in [1.807, 2.05) is 31.2 Å². The average molecular weight is 445 g/mol. The predicted molar refractivity (Wildman–Crippen MR) is 123 cm³/mol. The number of anilines is 1. The Hall–Kier alpha value is -3.65. The summed E-state index contributed by atoms with van der Waals surface area (Å²) in [6, 6.07) is 14.2. The molecule has 1 saturated heterocycles. The maximum absolute atomic E-state index is 13.5. The molecule has 0 aliphatic carbocycles. The molecule has 0 unspecified atom stereocenters. The first-order valence-electron chi connectivity index (χ1n) is 11.0. The summed E-state index contributed by atoms with van der Waals surface area (Å²) >= 11 is 0. The number of nitrogens with one attached hydrogen (secondary N) is 1. The first-order valence-corrected chi connectivity index (χ1v) is 11.0. The number of aryl methyl sites for hydroxylation is 1. The van der Waals surface area contributed by atoms with Gasteiger partial charge in [-0.3, -0.25) is 0 Å². The molecule has 1 aliphatic heterocycles. The van der Waals surface area contributed by atoms with Gasteiger partial charge < -0.3 is 14.8 Å². The molecule has 8 heteroatoms. The second-order valence-electron chi connectivity index (χ2n) is 8.05. The molecule has 1 fully saturated rings. The van der Waals surface area contributed by atoms with Crippen LogP contribution in [0.3, 0.4) is 0 Å². The third-order valence-electron chi connectivity index (χ3n) is 5.63. The van der Waals surface area contributed by atoms with Crippen LogP contribution in [0.4, 0.5) is 10.2 Å². The van der Waals surface area contributed by atoms with Gasteiger partial charge in [-0.05, 0) is 54.4 Å². The quantitative estimate of drug-likeness (QED) is 0.460. The Kier molecular flexibility index (Phi) is 6.08. The lowest BCUT2D eigenvalue weighted by Gasteiger charge is -2.24. The maximum Gasteiger partial charge on any atom is 0.146 e. The van der Waals surface area contributed by atoms with Crippen LogP contribution in [-0.2, 0) is 11.3 Å². The van der Waals surface area contributed by atoms with Crippen molar-refractivity contribution >= 4 is 16.7 Å². The number of rotatable bonds is 6. The van der Waals surface area contributed by atoms with E-state index in [4.69, 9.17) is 9.47 Å². The van der Waals surface area contributed by atoms with Gasteiger partial charge >= 0.3 is 0 Å². The zero-order valence-electron chi connectivity index (χ0n) is 18.3. The Morgan fingerprint density at radius 3 is 2.58 bits per heavy atom. The van der Waals surface area contributed by atoms with E-state index in [0.29, 0.717) is 31.3 Å². The zero-order valence-corrected chi connectivity index (χ0v) is 18.3. The molecule has 3 heterocycles. The van der Waals surface area contributed by atoms with Crippen molar-refractivity contribution in [2.45, 2.75) is 32.4 Å². The van der Waals surface area contributed by atoms with Crippen molar-refractivity contribution in [2.75, 3.05) is 18.5 Å². The summed E-state index contributed by atoms with van der Waals surface area (Å²) < 4.78 is 25.4. The van der Waals surface area contributed by atoms with Crippen LogP contribution < -0.4 is 10.1 Å². The van der Waals surface area contributed by atoms with Crippen LogP contribution >= 0.6 is 0 Å². The van der Waals surface area contributed by atoms with E-state index < -0.39 is 0 Å². The SMILES string of the molecule is Cc1ccc(CNc2ncnc3c(OC4CCOCC4)cc(-c4ccc(F)cc4)cc23)nn1. The van der Waals surface area contributed by atoms with Crippen molar-refractivity contribution in [3.05, 3.63) is 72.1 Å². The maximum atomic E-state index is 13.5. The normalized spacial score (nSPS) is 14.4. The number of nitrogens with zero attached hydrogens (tertiary/aromatic N) is 4. The lowest BCUT2D eigenvalue weighted by molar-refractivity contribution is 0.0261. The largest absolute Gasteiger partial charge is 0.488 e. The van der Waals surface area contributed by atoms with Gasteiger partial charge in [-0.25, -0.2) is 14.4 Å². The highest BCUT2D eigenvalue weighted by molar-refractivity contribution is 5.96. The molecule has 2 aromatic carbocycles. The van der Waals surface area contributed by atoms with Crippen molar-refractivity contribution in [3.63, 3.8) is 0 Å².